The first-order chi connectivity index (χ1) is 11.2. The number of carbonyl (C=O) groups is 1. The van der Waals surface area contributed by atoms with Gasteiger partial charge in [-0.2, -0.15) is 0 Å². The minimum atomic E-state index is -0.452. The van der Waals surface area contributed by atoms with Gasteiger partial charge in [0, 0.05) is 12.1 Å². The zero-order valence-corrected chi connectivity index (χ0v) is 14.8. The summed E-state index contributed by atoms with van der Waals surface area (Å²) in [5.74, 6) is -0.139. The zero-order valence-electron chi connectivity index (χ0n) is 14.8. The van der Waals surface area contributed by atoms with Crippen LogP contribution in [-0.2, 0) is 17.6 Å². The average molecular weight is 331 g/mol. The molecule has 3 nitrogen and oxygen atoms in total. The van der Waals surface area contributed by atoms with E-state index in [1.165, 1.54) is 11.1 Å². The predicted octanol–water partition coefficient (Wildman–Crippen LogP) is 4.47. The van der Waals surface area contributed by atoms with E-state index in [-0.39, 0.29) is 29.4 Å². The summed E-state index contributed by atoms with van der Waals surface area (Å²) in [5, 5.41) is 0. The van der Waals surface area contributed by atoms with Crippen LogP contribution in [-0.4, -0.2) is 28.7 Å². The van der Waals surface area contributed by atoms with Crippen LogP contribution in [0.1, 0.15) is 57.6 Å². The van der Waals surface area contributed by atoms with Crippen LogP contribution in [0.3, 0.4) is 0 Å². The van der Waals surface area contributed by atoms with Gasteiger partial charge in [0.05, 0.1) is 0 Å². The molecule has 0 saturated carbocycles. The van der Waals surface area contributed by atoms with Crippen molar-refractivity contribution in [2.75, 3.05) is 0 Å². The summed E-state index contributed by atoms with van der Waals surface area (Å²) in [6, 6.07) is 5.77. The summed E-state index contributed by atoms with van der Waals surface area (Å²) >= 11 is 0. The molecule has 2 bridgehead atoms. The Morgan fingerprint density at radius 3 is 2.42 bits per heavy atom. The lowest BCUT2D eigenvalue weighted by Gasteiger charge is -2.45. The van der Waals surface area contributed by atoms with Gasteiger partial charge in [0.25, 0.3) is 0 Å². The van der Waals surface area contributed by atoms with E-state index in [1.807, 2.05) is 31.7 Å². The van der Waals surface area contributed by atoms with Gasteiger partial charge in [-0.3, -0.25) is 0 Å². The number of fused-ring (bicyclic) bond motifs is 3. The van der Waals surface area contributed by atoms with E-state index in [4.69, 9.17) is 4.74 Å². The van der Waals surface area contributed by atoms with Crippen molar-refractivity contribution in [1.82, 2.24) is 4.90 Å². The third-order valence-electron chi connectivity index (χ3n) is 5.86. The van der Waals surface area contributed by atoms with Gasteiger partial charge in [-0.25, -0.2) is 9.18 Å². The molecule has 2 saturated heterocycles. The van der Waals surface area contributed by atoms with Crippen molar-refractivity contribution in [3.63, 3.8) is 0 Å². The molecule has 0 radical (unpaired) electrons. The Hall–Kier alpha value is -1.58. The van der Waals surface area contributed by atoms with Crippen LogP contribution in [0, 0.1) is 11.2 Å². The molecule has 1 aromatic rings. The van der Waals surface area contributed by atoms with Gasteiger partial charge < -0.3 is 9.64 Å². The Morgan fingerprint density at radius 1 is 1.17 bits per heavy atom. The Morgan fingerprint density at radius 2 is 1.79 bits per heavy atom. The van der Waals surface area contributed by atoms with Gasteiger partial charge >= 0.3 is 6.09 Å². The number of rotatable bonds is 0. The first kappa shape index (κ1) is 15.9. The van der Waals surface area contributed by atoms with Gasteiger partial charge in [0.2, 0.25) is 0 Å². The van der Waals surface area contributed by atoms with Crippen LogP contribution in [0.4, 0.5) is 9.18 Å². The maximum atomic E-state index is 13.5. The summed E-state index contributed by atoms with van der Waals surface area (Å²) in [7, 11) is 0. The topological polar surface area (TPSA) is 29.5 Å². The highest BCUT2D eigenvalue weighted by Crippen LogP contribution is 2.52. The molecule has 130 valence electrons. The highest BCUT2D eigenvalue weighted by molar-refractivity contribution is 5.69. The van der Waals surface area contributed by atoms with Crippen LogP contribution in [0.25, 0.3) is 0 Å². The number of piperidine rings is 1. The molecule has 2 aliphatic heterocycles. The minimum absolute atomic E-state index is 0.139. The molecule has 24 heavy (non-hydrogen) atoms. The molecule has 1 unspecified atom stereocenters. The summed E-state index contributed by atoms with van der Waals surface area (Å²) < 4.78 is 19.2. The van der Waals surface area contributed by atoms with Crippen molar-refractivity contribution in [1.29, 1.82) is 0 Å². The van der Waals surface area contributed by atoms with Crippen molar-refractivity contribution in [3.8, 4) is 0 Å². The van der Waals surface area contributed by atoms with Crippen LogP contribution < -0.4 is 0 Å². The summed E-state index contributed by atoms with van der Waals surface area (Å²) in [4.78, 5) is 14.6. The molecule has 4 rings (SSSR count). The monoisotopic (exact) mass is 331 g/mol. The highest BCUT2D eigenvalue weighted by Gasteiger charge is 2.52. The van der Waals surface area contributed by atoms with Crippen molar-refractivity contribution < 1.29 is 13.9 Å². The molecule has 1 amide bonds. The maximum absolute atomic E-state index is 13.5. The van der Waals surface area contributed by atoms with E-state index in [1.54, 1.807) is 12.1 Å². The molecule has 0 N–H and O–H groups in total. The van der Waals surface area contributed by atoms with Gasteiger partial charge in [-0.1, -0.05) is 6.07 Å². The largest absolute Gasteiger partial charge is 0.444 e. The van der Waals surface area contributed by atoms with Crippen molar-refractivity contribution in [2.24, 2.45) is 5.41 Å². The number of benzene rings is 1. The number of halogens is 1. The molecule has 3 aliphatic rings. The van der Waals surface area contributed by atoms with Crippen molar-refractivity contribution >= 4 is 6.09 Å². The summed E-state index contributed by atoms with van der Waals surface area (Å²) in [6.07, 6.45) is 5.98. The molecule has 1 spiro atoms. The fraction of sp³-hybridized carbons (Fsp3) is 0.650. The van der Waals surface area contributed by atoms with E-state index in [0.29, 0.717) is 0 Å². The van der Waals surface area contributed by atoms with Gasteiger partial charge in [-0.05, 0) is 88.0 Å². The highest BCUT2D eigenvalue weighted by atomic mass is 19.1. The predicted molar refractivity (Wildman–Crippen MR) is 90.4 cm³/mol. The summed E-state index contributed by atoms with van der Waals surface area (Å²) in [6.45, 7) is 5.75. The Bertz CT molecular complexity index is 665. The lowest BCUT2D eigenvalue weighted by atomic mass is 9.73. The Balaban J connectivity index is 1.52. The molecule has 1 aromatic carbocycles. The lowest BCUT2D eigenvalue weighted by molar-refractivity contribution is -0.0105. The molecule has 1 aliphatic carbocycles. The zero-order chi connectivity index (χ0) is 17.1. The van der Waals surface area contributed by atoms with Gasteiger partial charge in [-0.15, -0.1) is 0 Å². The third-order valence-corrected chi connectivity index (χ3v) is 5.86. The van der Waals surface area contributed by atoms with Crippen LogP contribution in [0.5, 0.6) is 0 Å². The van der Waals surface area contributed by atoms with E-state index in [9.17, 15) is 9.18 Å². The third kappa shape index (κ3) is 2.70. The van der Waals surface area contributed by atoms with E-state index in [2.05, 4.69) is 0 Å². The van der Waals surface area contributed by atoms with E-state index < -0.39 is 5.60 Å². The minimum Gasteiger partial charge on any atom is -0.444 e. The Kier molecular flexibility index (Phi) is 3.45. The van der Waals surface area contributed by atoms with E-state index >= 15 is 0 Å². The quantitative estimate of drug-likeness (QED) is 0.702. The number of amides is 1. The first-order valence-electron chi connectivity index (χ1n) is 9.03. The van der Waals surface area contributed by atoms with Crippen LogP contribution >= 0.6 is 0 Å². The molecule has 2 fully saturated rings. The second-order valence-electron chi connectivity index (χ2n) is 8.95. The fourth-order valence-corrected chi connectivity index (χ4v) is 5.15. The average Bonchev–Trinajstić information content (AvgIpc) is 2.92. The number of hydrogen-bond acceptors (Lipinski definition) is 2. The first-order valence-corrected chi connectivity index (χ1v) is 9.03. The smallest absolute Gasteiger partial charge is 0.410 e. The number of nitrogens with zero attached hydrogens (tertiary/aromatic N) is 1. The molecular weight excluding hydrogens is 305 g/mol. The standard InChI is InChI=1S/C20H26FNO2/c1-19(2,3)24-18(23)22-16-6-7-17(22)12-20(11-16)9-13-4-5-15(21)8-14(13)10-20/h4-5,8,16-17H,6-7,9-12H2,1-3H3/t16-,17+,20?. The van der Waals surface area contributed by atoms with Crippen molar-refractivity contribution in [3.05, 3.63) is 35.1 Å². The number of hydrogen-bond donors (Lipinski definition) is 0. The molecule has 3 atom stereocenters. The van der Waals surface area contributed by atoms with Gasteiger partial charge in [0.1, 0.15) is 11.4 Å². The molecular formula is C20H26FNO2. The van der Waals surface area contributed by atoms with Gasteiger partial charge in [0.15, 0.2) is 0 Å². The van der Waals surface area contributed by atoms with Crippen LogP contribution in [0.15, 0.2) is 18.2 Å². The molecule has 4 heteroatoms. The van der Waals surface area contributed by atoms with E-state index in [0.717, 1.165) is 38.5 Å². The van der Waals surface area contributed by atoms with Crippen LogP contribution in [0.2, 0.25) is 0 Å². The molecule has 0 aromatic heterocycles. The fourth-order valence-electron chi connectivity index (χ4n) is 5.15. The number of ether oxygens (including phenoxy) is 1. The second-order valence-corrected chi connectivity index (χ2v) is 8.95. The number of carbonyl (C=O) groups excluding carboxylic acids is 1. The second kappa shape index (κ2) is 5.21. The summed E-state index contributed by atoms with van der Waals surface area (Å²) in [5.41, 5.74) is 2.22. The molecule has 2 heterocycles. The van der Waals surface area contributed by atoms with Crippen molar-refractivity contribution in [2.45, 2.75) is 77.0 Å². The lowest BCUT2D eigenvalue weighted by Crippen LogP contribution is -2.52. The maximum Gasteiger partial charge on any atom is 0.410 e. The Labute approximate surface area is 143 Å². The SMILES string of the molecule is CC(C)(C)OC(=O)N1[C@@H]2CC[C@H]1CC1(Cc3ccc(F)cc3C1)C2. The normalized spacial score (nSPS) is 31.4.